The first-order valence-corrected chi connectivity index (χ1v) is 29.2. The highest BCUT2D eigenvalue weighted by molar-refractivity contribution is 5.93. The van der Waals surface area contributed by atoms with E-state index in [0.29, 0.717) is 0 Å². The lowest BCUT2D eigenvalue weighted by Crippen LogP contribution is -1.92. The lowest BCUT2D eigenvalue weighted by Gasteiger charge is -2.11. The summed E-state index contributed by atoms with van der Waals surface area (Å²) in [4.78, 5) is 4.37. The average Bonchev–Trinajstić information content (AvgIpc) is 3.49. The molecule has 10 rings (SSSR count). The number of benzene rings is 9. The van der Waals surface area contributed by atoms with Crippen LogP contribution in [0.5, 0.6) is 0 Å². The van der Waals surface area contributed by atoms with E-state index >= 15 is 0 Å². The average molecular weight is 1070 g/mol. The van der Waals surface area contributed by atoms with Crippen molar-refractivity contribution in [3.05, 3.63) is 284 Å². The molecule has 0 saturated carbocycles. The molecule has 0 unspecified atom stereocenters. The van der Waals surface area contributed by atoms with Gasteiger partial charge in [-0.25, -0.2) is 0 Å². The van der Waals surface area contributed by atoms with Gasteiger partial charge in [-0.2, -0.15) is 0 Å². The van der Waals surface area contributed by atoms with Gasteiger partial charge in [0.25, 0.3) is 0 Å². The number of aryl methyl sites for hydroxylation is 24. The largest absolute Gasteiger partial charge is 0.258 e. The summed E-state index contributed by atoms with van der Waals surface area (Å²) in [6.45, 7) is 51.7. The van der Waals surface area contributed by atoms with Crippen LogP contribution in [0.2, 0.25) is 0 Å². The van der Waals surface area contributed by atoms with Crippen molar-refractivity contribution in [3.8, 4) is 11.1 Å². The smallest absolute Gasteiger partial charge is 0.0405 e. The molecule has 0 spiro atoms. The fourth-order valence-corrected chi connectivity index (χ4v) is 10.1. The molecular weight excluding hydrogens is 975 g/mol. The summed E-state index contributed by atoms with van der Waals surface area (Å²) in [5.74, 6) is 0. The van der Waals surface area contributed by atoms with Gasteiger partial charge in [-0.3, -0.25) is 4.98 Å². The molecule has 0 aliphatic carbocycles. The van der Waals surface area contributed by atoms with Crippen molar-refractivity contribution < 1.29 is 0 Å². The minimum absolute atomic E-state index is 1.03. The van der Waals surface area contributed by atoms with E-state index < -0.39 is 0 Å². The monoisotopic (exact) mass is 1070 g/mol. The molecule has 81 heavy (non-hydrogen) atoms. The van der Waals surface area contributed by atoms with Crippen LogP contribution in [0.1, 0.15) is 145 Å². The molecule has 0 N–H and O–H groups in total. The molecule has 0 radical (unpaired) electrons. The highest BCUT2D eigenvalue weighted by atomic mass is 14.7. The number of fused-ring (bicyclic) bond motifs is 2. The van der Waals surface area contributed by atoms with E-state index in [1.165, 1.54) is 166 Å². The van der Waals surface area contributed by atoms with Crippen molar-refractivity contribution in [1.82, 2.24) is 4.98 Å². The Morgan fingerprint density at radius 2 is 0.457 bits per heavy atom. The summed E-state index contributed by atoms with van der Waals surface area (Å²) in [5, 5.41) is 5.66. The minimum atomic E-state index is 1.03. The zero-order valence-corrected chi connectivity index (χ0v) is 54.4. The maximum absolute atomic E-state index is 4.37. The van der Waals surface area contributed by atoms with Crippen LogP contribution < -0.4 is 0 Å². The molecule has 0 saturated heterocycles. The second kappa shape index (κ2) is 28.9. The zero-order chi connectivity index (χ0) is 60.2. The quantitative estimate of drug-likeness (QED) is 0.172. The first-order valence-electron chi connectivity index (χ1n) is 29.2. The fraction of sp³-hybridized carbons (Fsp3) is 0.312. The van der Waals surface area contributed by atoms with Crippen molar-refractivity contribution >= 4 is 21.5 Å². The molecule has 0 atom stereocenters. The predicted molar refractivity (Wildman–Crippen MR) is 360 cm³/mol. The van der Waals surface area contributed by atoms with Crippen molar-refractivity contribution in [3.63, 3.8) is 0 Å². The van der Waals surface area contributed by atoms with Crippen LogP contribution >= 0.6 is 0 Å². The van der Waals surface area contributed by atoms with Gasteiger partial charge in [0.1, 0.15) is 0 Å². The lowest BCUT2D eigenvalue weighted by atomic mass is 9.94. The van der Waals surface area contributed by atoms with Gasteiger partial charge in [-0.05, 0) is 339 Å². The number of pyridine rings is 1. The summed E-state index contributed by atoms with van der Waals surface area (Å²) in [6.07, 6.45) is 1.03. The highest BCUT2D eigenvalue weighted by Gasteiger charge is 2.08. The maximum atomic E-state index is 4.37. The van der Waals surface area contributed by atoms with Gasteiger partial charge in [-0.15, -0.1) is 0 Å². The molecular formula is C80H97N. The molecule has 0 amide bonds. The van der Waals surface area contributed by atoms with Crippen molar-refractivity contribution in [2.24, 2.45) is 0 Å². The van der Waals surface area contributed by atoms with E-state index in [1.807, 2.05) is 13.8 Å². The second-order valence-electron chi connectivity index (χ2n) is 23.7. The normalized spacial score (nSPS) is 10.5. The van der Waals surface area contributed by atoms with Gasteiger partial charge in [0.15, 0.2) is 0 Å². The Kier molecular flexibility index (Phi) is 23.0. The van der Waals surface area contributed by atoms with Gasteiger partial charge in [0, 0.05) is 11.4 Å². The number of nitrogens with zero attached hydrogens (tertiary/aromatic N) is 1. The Morgan fingerprint density at radius 1 is 0.210 bits per heavy atom. The zero-order valence-electron chi connectivity index (χ0n) is 54.4. The standard InChI is InChI=1S/C17H20.C16H18.2C14H16.C10H14.C9H13N/c1-12-5-7-16(9-14(12)3)11-17-8-6-13(2)15(4)10-17;1-11-5-7-15(9-13(11)3)16-8-6-12(2)14(4)10-16;1-9-5-7-14-12(4)10(2)6-8-13(14)11(9)3;1-9-5-6-11(3)14-12(4)8-7-10(2)13(9)14;1-7-5-9(3)10(4)6-8(7)2;1-6-5-7(2)9(4)10-8(6)3/h5-10H,11H2,1-4H3;5-10H,1-4H3;2*5-8H,1-4H3;5-6H,1-4H3;5H,1-4H3. The molecule has 1 nitrogen and oxygen atoms in total. The second-order valence-corrected chi connectivity index (χ2v) is 23.7. The number of hydrogen-bond acceptors (Lipinski definition) is 1. The molecule has 422 valence electrons. The summed E-state index contributed by atoms with van der Waals surface area (Å²) >= 11 is 0. The first kappa shape index (κ1) is 64.5. The van der Waals surface area contributed by atoms with Gasteiger partial charge in [0.05, 0.1) is 0 Å². The van der Waals surface area contributed by atoms with Gasteiger partial charge < -0.3 is 0 Å². The number of aromatic nitrogens is 1. The SMILES string of the molecule is Cc1cc(C)c(C)cc1C.Cc1cc(C)c(C)nc1C.Cc1ccc(-c2ccc(C)c(C)c2)cc1C.Cc1ccc(C)c2c(C)ccc(C)c12.Cc1ccc(Cc2ccc(C)c(C)c2)cc1C.Cc1ccc2c(C)c(C)ccc2c1C. The van der Waals surface area contributed by atoms with Crippen LogP contribution in [0.25, 0.3) is 32.7 Å². The van der Waals surface area contributed by atoms with Gasteiger partial charge >= 0.3 is 0 Å². The minimum Gasteiger partial charge on any atom is -0.258 e. The number of rotatable bonds is 3. The summed E-state index contributed by atoms with van der Waals surface area (Å²) in [5.41, 5.74) is 37.8. The highest BCUT2D eigenvalue weighted by Crippen LogP contribution is 2.29. The van der Waals surface area contributed by atoms with Crippen LogP contribution in [-0.4, -0.2) is 4.98 Å². The summed E-state index contributed by atoms with van der Waals surface area (Å²) in [6, 6.07) is 51.2. The molecule has 1 heteroatoms. The van der Waals surface area contributed by atoms with Crippen LogP contribution in [0, 0.1) is 166 Å². The van der Waals surface area contributed by atoms with E-state index in [1.54, 1.807) is 0 Å². The third kappa shape index (κ3) is 17.3. The number of hydrogen-bond donors (Lipinski definition) is 0. The third-order valence-electron chi connectivity index (χ3n) is 17.2. The van der Waals surface area contributed by atoms with E-state index in [0.717, 1.165) is 17.8 Å². The fourth-order valence-electron chi connectivity index (χ4n) is 10.1. The van der Waals surface area contributed by atoms with Gasteiger partial charge in [-0.1, -0.05) is 140 Å². The third-order valence-corrected chi connectivity index (χ3v) is 17.2. The molecule has 0 aliphatic heterocycles. The van der Waals surface area contributed by atoms with Crippen LogP contribution in [-0.2, 0) is 6.42 Å². The van der Waals surface area contributed by atoms with Crippen molar-refractivity contribution in [2.75, 3.05) is 0 Å². The Bertz CT molecular complexity index is 3430. The Labute approximate surface area is 492 Å². The van der Waals surface area contributed by atoms with E-state index in [2.05, 4.69) is 297 Å². The van der Waals surface area contributed by atoms with Crippen molar-refractivity contribution in [2.45, 2.75) is 173 Å². The molecule has 0 aliphatic rings. The molecule has 0 bridgehead atoms. The lowest BCUT2D eigenvalue weighted by molar-refractivity contribution is 1.06. The molecule has 0 fully saturated rings. The van der Waals surface area contributed by atoms with Crippen LogP contribution in [0.15, 0.2) is 140 Å². The molecule has 10 aromatic rings. The Balaban J connectivity index is 0.000000180. The Morgan fingerprint density at radius 3 is 0.741 bits per heavy atom. The van der Waals surface area contributed by atoms with E-state index in [4.69, 9.17) is 0 Å². The molecule has 1 heterocycles. The Hall–Kier alpha value is -7.35. The van der Waals surface area contributed by atoms with E-state index in [-0.39, 0.29) is 0 Å². The topological polar surface area (TPSA) is 12.9 Å². The maximum Gasteiger partial charge on any atom is 0.0405 e. The summed E-state index contributed by atoms with van der Waals surface area (Å²) in [7, 11) is 0. The summed E-state index contributed by atoms with van der Waals surface area (Å²) < 4.78 is 0. The molecule has 1 aromatic heterocycles. The van der Waals surface area contributed by atoms with Gasteiger partial charge in [0.2, 0.25) is 0 Å². The van der Waals surface area contributed by atoms with Crippen LogP contribution in [0.4, 0.5) is 0 Å². The van der Waals surface area contributed by atoms with Crippen molar-refractivity contribution in [1.29, 1.82) is 0 Å². The molecule has 9 aromatic carbocycles. The predicted octanol–water partition coefficient (Wildman–Crippen LogP) is 22.5. The van der Waals surface area contributed by atoms with E-state index in [9.17, 15) is 0 Å². The first-order chi connectivity index (χ1) is 38.1. The van der Waals surface area contributed by atoms with Crippen LogP contribution in [0.3, 0.4) is 0 Å².